The highest BCUT2D eigenvalue weighted by molar-refractivity contribution is 9.10. The molecule has 1 spiro atoms. The van der Waals surface area contributed by atoms with Crippen molar-refractivity contribution >= 4 is 32.7 Å². The number of anilines is 1. The summed E-state index contributed by atoms with van der Waals surface area (Å²) in [6.45, 7) is 7.12. The maximum Gasteiger partial charge on any atom is 0.165 e. The molecule has 1 N–H and O–H groups in total. The number of nitrogens with zero attached hydrogens (tertiary/aromatic N) is 3. The standard InChI is InChI=1S/C20H24BrFN4O2S/c1-19(2,3)29(27)25-18-13-5-4-6-14(22)17(13)28-20(18)7-9-26(10-8-20)16-12-23-15(21)11-24-16/h4-6,11-12,18,25H,7-10H2,1-3H3/t18-,29?/m1/s1. The molecule has 1 unspecified atom stereocenters. The lowest BCUT2D eigenvalue weighted by atomic mass is 9.83. The fourth-order valence-corrected chi connectivity index (χ4v) is 4.95. The van der Waals surface area contributed by atoms with Gasteiger partial charge in [0.2, 0.25) is 0 Å². The lowest BCUT2D eigenvalue weighted by Crippen LogP contribution is -2.54. The predicted molar refractivity (Wildman–Crippen MR) is 115 cm³/mol. The highest BCUT2D eigenvalue weighted by Crippen LogP contribution is 2.50. The average Bonchev–Trinajstić information content (AvgIpc) is 2.97. The van der Waals surface area contributed by atoms with Gasteiger partial charge >= 0.3 is 0 Å². The van der Waals surface area contributed by atoms with Crippen molar-refractivity contribution in [1.29, 1.82) is 0 Å². The first-order valence-corrected chi connectivity index (χ1v) is 11.5. The summed E-state index contributed by atoms with van der Waals surface area (Å²) in [5.74, 6) is 0.689. The van der Waals surface area contributed by atoms with Crippen LogP contribution in [-0.4, -0.2) is 37.6 Å². The lowest BCUT2D eigenvalue weighted by Gasteiger charge is -2.42. The molecule has 156 valence electrons. The van der Waals surface area contributed by atoms with E-state index in [2.05, 4.69) is 35.5 Å². The fourth-order valence-electron chi connectivity index (χ4n) is 3.83. The Kier molecular flexibility index (Phi) is 5.41. The molecule has 2 aliphatic heterocycles. The Morgan fingerprint density at radius 2 is 2.00 bits per heavy atom. The van der Waals surface area contributed by atoms with Crippen LogP contribution in [-0.2, 0) is 11.0 Å². The minimum absolute atomic E-state index is 0.271. The Hall–Kier alpha value is -1.58. The van der Waals surface area contributed by atoms with Gasteiger partial charge in [-0.3, -0.25) is 0 Å². The Morgan fingerprint density at radius 3 is 2.62 bits per heavy atom. The predicted octanol–water partition coefficient (Wildman–Crippen LogP) is 3.90. The molecule has 0 aliphatic carbocycles. The second kappa shape index (κ2) is 7.59. The zero-order valence-electron chi connectivity index (χ0n) is 16.6. The zero-order valence-corrected chi connectivity index (χ0v) is 19.0. The number of halogens is 2. The molecule has 2 atom stereocenters. The van der Waals surface area contributed by atoms with Gasteiger partial charge in [-0.15, -0.1) is 0 Å². The third-order valence-corrected chi connectivity index (χ3v) is 7.43. The molecule has 2 aliphatic rings. The number of hydrogen-bond donors (Lipinski definition) is 1. The van der Waals surface area contributed by atoms with E-state index in [0.717, 1.165) is 11.4 Å². The van der Waals surface area contributed by atoms with Crippen LogP contribution < -0.4 is 14.4 Å². The molecule has 1 fully saturated rings. The van der Waals surface area contributed by atoms with Crippen molar-refractivity contribution in [2.75, 3.05) is 18.0 Å². The third kappa shape index (κ3) is 3.92. The smallest absolute Gasteiger partial charge is 0.165 e. The first-order valence-electron chi connectivity index (χ1n) is 9.58. The summed E-state index contributed by atoms with van der Waals surface area (Å²) in [5, 5.41) is 0. The van der Waals surface area contributed by atoms with E-state index in [0.29, 0.717) is 30.5 Å². The number of nitrogens with one attached hydrogen (secondary N) is 1. The number of rotatable bonds is 3. The molecule has 6 nitrogen and oxygen atoms in total. The van der Waals surface area contributed by atoms with Gasteiger partial charge in [0.15, 0.2) is 11.6 Å². The van der Waals surface area contributed by atoms with E-state index in [1.165, 1.54) is 6.07 Å². The molecule has 3 heterocycles. The summed E-state index contributed by atoms with van der Waals surface area (Å²) in [6.07, 6.45) is 4.71. The van der Waals surface area contributed by atoms with Crippen LogP contribution in [0, 0.1) is 5.82 Å². The molecule has 0 bridgehead atoms. The van der Waals surface area contributed by atoms with E-state index in [9.17, 15) is 8.60 Å². The van der Waals surface area contributed by atoms with E-state index in [1.807, 2.05) is 26.8 Å². The Bertz CT molecular complexity index is 927. The third-order valence-electron chi connectivity index (χ3n) is 5.46. The SMILES string of the molecule is CC(C)(C)S(=O)N[C@@H]1c2cccc(F)c2OC12CCN(c1cnc(Br)cn1)CC2. The number of ether oxygens (including phenoxy) is 1. The Balaban J connectivity index is 1.61. The molecule has 1 saturated heterocycles. The summed E-state index contributed by atoms with van der Waals surface area (Å²) in [4.78, 5) is 10.8. The Labute approximate surface area is 181 Å². The highest BCUT2D eigenvalue weighted by atomic mass is 79.9. The second-order valence-electron chi connectivity index (χ2n) is 8.44. The molecule has 4 rings (SSSR count). The van der Waals surface area contributed by atoms with Crippen molar-refractivity contribution in [3.63, 3.8) is 0 Å². The van der Waals surface area contributed by atoms with Gasteiger partial charge in [0.1, 0.15) is 16.0 Å². The van der Waals surface area contributed by atoms with E-state index >= 15 is 0 Å². The molecule has 0 radical (unpaired) electrons. The number of piperidine rings is 1. The fraction of sp³-hybridized carbons (Fsp3) is 0.500. The molecule has 0 amide bonds. The number of aromatic nitrogens is 2. The van der Waals surface area contributed by atoms with Gasteiger partial charge in [-0.25, -0.2) is 23.3 Å². The second-order valence-corrected chi connectivity index (χ2v) is 11.3. The van der Waals surface area contributed by atoms with Crippen molar-refractivity contribution < 1.29 is 13.3 Å². The largest absolute Gasteiger partial charge is 0.482 e. The molecule has 29 heavy (non-hydrogen) atoms. The van der Waals surface area contributed by atoms with Crippen molar-refractivity contribution in [2.24, 2.45) is 0 Å². The maximum absolute atomic E-state index is 14.5. The van der Waals surface area contributed by atoms with Gasteiger partial charge in [0.25, 0.3) is 0 Å². The minimum atomic E-state index is -1.31. The monoisotopic (exact) mass is 482 g/mol. The topological polar surface area (TPSA) is 67.3 Å². The van der Waals surface area contributed by atoms with Gasteiger partial charge in [-0.2, -0.15) is 0 Å². The summed E-state index contributed by atoms with van der Waals surface area (Å²) in [6, 6.07) is 4.60. The van der Waals surface area contributed by atoms with Crippen LogP contribution >= 0.6 is 15.9 Å². The highest BCUT2D eigenvalue weighted by Gasteiger charge is 2.52. The summed E-state index contributed by atoms with van der Waals surface area (Å²) in [7, 11) is -1.31. The van der Waals surface area contributed by atoms with Crippen molar-refractivity contribution in [1.82, 2.24) is 14.7 Å². The van der Waals surface area contributed by atoms with E-state index < -0.39 is 21.3 Å². The van der Waals surface area contributed by atoms with Gasteiger partial charge < -0.3 is 9.64 Å². The number of fused-ring (bicyclic) bond motifs is 1. The van der Waals surface area contributed by atoms with E-state index in [1.54, 1.807) is 18.5 Å². The van der Waals surface area contributed by atoms with Crippen LogP contribution in [0.1, 0.15) is 45.2 Å². The van der Waals surface area contributed by atoms with Crippen molar-refractivity contribution in [3.8, 4) is 5.75 Å². The van der Waals surface area contributed by atoms with Gasteiger partial charge in [0.05, 0.1) is 34.2 Å². The summed E-state index contributed by atoms with van der Waals surface area (Å²) < 4.78 is 37.1. The minimum Gasteiger partial charge on any atom is -0.482 e. The first-order chi connectivity index (χ1) is 13.7. The molecule has 1 aromatic heterocycles. The van der Waals surface area contributed by atoms with Crippen LogP contribution in [0.25, 0.3) is 0 Å². The summed E-state index contributed by atoms with van der Waals surface area (Å²) in [5.41, 5.74) is 0.0875. The maximum atomic E-state index is 14.5. The molecular weight excluding hydrogens is 459 g/mol. The molecule has 2 aromatic rings. The molecule has 9 heteroatoms. The van der Waals surface area contributed by atoms with Crippen molar-refractivity contribution in [3.05, 3.63) is 46.6 Å². The van der Waals surface area contributed by atoms with Crippen LogP contribution in [0.5, 0.6) is 5.75 Å². The number of para-hydroxylation sites is 1. The normalized spacial score (nSPS) is 21.7. The van der Waals surface area contributed by atoms with Crippen LogP contribution in [0.15, 0.2) is 35.2 Å². The molecule has 0 saturated carbocycles. The van der Waals surface area contributed by atoms with Crippen LogP contribution in [0.4, 0.5) is 10.2 Å². The number of benzene rings is 1. The number of hydrogen-bond acceptors (Lipinski definition) is 5. The molecule has 1 aromatic carbocycles. The first kappa shape index (κ1) is 20.7. The lowest BCUT2D eigenvalue weighted by molar-refractivity contribution is 0.0356. The van der Waals surface area contributed by atoms with E-state index in [-0.39, 0.29) is 17.6 Å². The average molecular weight is 483 g/mol. The van der Waals surface area contributed by atoms with Crippen LogP contribution in [0.3, 0.4) is 0 Å². The quantitative estimate of drug-likeness (QED) is 0.718. The van der Waals surface area contributed by atoms with Gasteiger partial charge in [0, 0.05) is 31.5 Å². The van der Waals surface area contributed by atoms with E-state index in [4.69, 9.17) is 4.74 Å². The van der Waals surface area contributed by atoms with Crippen LogP contribution in [0.2, 0.25) is 0 Å². The Morgan fingerprint density at radius 1 is 1.28 bits per heavy atom. The zero-order chi connectivity index (χ0) is 20.8. The van der Waals surface area contributed by atoms with Crippen molar-refractivity contribution in [2.45, 2.75) is 50.0 Å². The molecular formula is C20H24BrFN4O2S. The van der Waals surface area contributed by atoms with Gasteiger partial charge in [-0.1, -0.05) is 12.1 Å². The van der Waals surface area contributed by atoms with Gasteiger partial charge in [-0.05, 0) is 42.8 Å². The summed E-state index contributed by atoms with van der Waals surface area (Å²) >= 11 is 3.30.